The van der Waals surface area contributed by atoms with Gasteiger partial charge in [0.2, 0.25) is 11.8 Å². The van der Waals surface area contributed by atoms with Gasteiger partial charge in [-0.1, -0.05) is 12.1 Å². The molecule has 0 aliphatic heterocycles. The number of carbonyl (C=O) groups is 3. The van der Waals surface area contributed by atoms with Gasteiger partial charge in [0.15, 0.2) is 0 Å². The van der Waals surface area contributed by atoms with E-state index in [0.717, 1.165) is 0 Å². The van der Waals surface area contributed by atoms with Gasteiger partial charge < -0.3 is 14.9 Å². The van der Waals surface area contributed by atoms with Gasteiger partial charge >= 0.3 is 5.97 Å². The second-order valence-electron chi connectivity index (χ2n) is 5.00. The maximum Gasteiger partial charge on any atom is 0.335 e. The Morgan fingerprint density at radius 2 is 1.73 bits per heavy atom. The standard InChI is InChI=1S/C16H22N2O4/c1-4-18(5-2)15(20)11-17(3)14(19)10-12-7-6-8-13(9-12)16(21)22/h6-9H,4-5,10-11H2,1-3H3,(H,21,22). The van der Waals surface area contributed by atoms with Crippen LogP contribution in [0.5, 0.6) is 0 Å². The van der Waals surface area contributed by atoms with Gasteiger partial charge in [-0.2, -0.15) is 0 Å². The van der Waals surface area contributed by atoms with Gasteiger partial charge in [-0.3, -0.25) is 9.59 Å². The Morgan fingerprint density at radius 3 is 2.27 bits per heavy atom. The molecule has 0 fully saturated rings. The maximum absolute atomic E-state index is 12.1. The number of carboxylic acids is 1. The first-order chi connectivity index (χ1) is 10.4. The highest BCUT2D eigenvalue weighted by Crippen LogP contribution is 2.07. The first kappa shape index (κ1) is 17.7. The molecular formula is C16H22N2O4. The van der Waals surface area contributed by atoms with Crippen molar-refractivity contribution in [2.75, 3.05) is 26.7 Å². The Bertz CT molecular complexity index is 553. The highest BCUT2D eigenvalue weighted by Gasteiger charge is 2.17. The van der Waals surface area contributed by atoms with Crippen LogP contribution in [-0.4, -0.2) is 59.4 Å². The Balaban J connectivity index is 2.66. The molecule has 6 heteroatoms. The maximum atomic E-state index is 12.1. The van der Waals surface area contributed by atoms with Crippen LogP contribution in [0.2, 0.25) is 0 Å². The number of carboxylic acid groups (broad SMARTS) is 1. The summed E-state index contributed by atoms with van der Waals surface area (Å²) in [4.78, 5) is 38.1. The Morgan fingerprint density at radius 1 is 1.09 bits per heavy atom. The van der Waals surface area contributed by atoms with Crippen molar-refractivity contribution in [1.82, 2.24) is 9.80 Å². The monoisotopic (exact) mass is 306 g/mol. The third-order valence-electron chi connectivity index (χ3n) is 3.44. The van der Waals surface area contributed by atoms with Crippen molar-refractivity contribution in [3.05, 3.63) is 35.4 Å². The smallest absolute Gasteiger partial charge is 0.335 e. The molecule has 6 nitrogen and oxygen atoms in total. The van der Waals surface area contributed by atoms with Gasteiger partial charge in [-0.05, 0) is 31.5 Å². The molecule has 0 radical (unpaired) electrons. The fourth-order valence-electron chi connectivity index (χ4n) is 2.09. The molecule has 1 N–H and O–H groups in total. The molecule has 0 atom stereocenters. The second kappa shape index (κ2) is 8.17. The third-order valence-corrected chi connectivity index (χ3v) is 3.44. The summed E-state index contributed by atoms with van der Waals surface area (Å²) < 4.78 is 0. The van der Waals surface area contributed by atoms with Crippen molar-refractivity contribution < 1.29 is 19.5 Å². The van der Waals surface area contributed by atoms with E-state index in [1.807, 2.05) is 13.8 Å². The molecule has 0 aliphatic carbocycles. The highest BCUT2D eigenvalue weighted by atomic mass is 16.4. The van der Waals surface area contributed by atoms with Gasteiger partial charge in [0.05, 0.1) is 18.5 Å². The fraction of sp³-hybridized carbons (Fsp3) is 0.438. The van der Waals surface area contributed by atoms with Crippen LogP contribution in [-0.2, 0) is 16.0 Å². The zero-order valence-electron chi connectivity index (χ0n) is 13.2. The van der Waals surface area contributed by atoms with Crippen LogP contribution in [0.3, 0.4) is 0 Å². The van der Waals surface area contributed by atoms with Crippen LogP contribution in [0, 0.1) is 0 Å². The predicted octanol–water partition coefficient (Wildman–Crippen LogP) is 1.25. The first-order valence-electron chi connectivity index (χ1n) is 7.23. The summed E-state index contributed by atoms with van der Waals surface area (Å²) in [5, 5.41) is 8.94. The average Bonchev–Trinajstić information content (AvgIpc) is 2.48. The molecule has 0 saturated heterocycles. The third kappa shape index (κ3) is 4.87. The summed E-state index contributed by atoms with van der Waals surface area (Å²) in [6.07, 6.45) is 0.0726. The molecule has 1 aromatic rings. The van der Waals surface area contributed by atoms with Crippen LogP contribution in [0.4, 0.5) is 0 Å². The number of nitrogens with zero attached hydrogens (tertiary/aromatic N) is 2. The van der Waals surface area contributed by atoms with E-state index in [-0.39, 0.29) is 30.3 Å². The lowest BCUT2D eigenvalue weighted by atomic mass is 10.1. The van der Waals surface area contributed by atoms with Gasteiger partial charge in [-0.15, -0.1) is 0 Å². The second-order valence-corrected chi connectivity index (χ2v) is 5.00. The highest BCUT2D eigenvalue weighted by molar-refractivity contribution is 5.89. The molecule has 1 rings (SSSR count). The van der Waals surface area contributed by atoms with E-state index in [2.05, 4.69) is 0 Å². The van der Waals surface area contributed by atoms with E-state index < -0.39 is 5.97 Å². The van der Waals surface area contributed by atoms with E-state index in [4.69, 9.17) is 5.11 Å². The lowest BCUT2D eigenvalue weighted by molar-refractivity contribution is -0.138. The topological polar surface area (TPSA) is 77.9 Å². The zero-order chi connectivity index (χ0) is 16.7. The normalized spacial score (nSPS) is 10.1. The van der Waals surface area contributed by atoms with Crippen LogP contribution in [0.25, 0.3) is 0 Å². The van der Waals surface area contributed by atoms with Gasteiger partial charge in [0.1, 0.15) is 0 Å². The van der Waals surface area contributed by atoms with Gasteiger partial charge in [0.25, 0.3) is 0 Å². The van der Waals surface area contributed by atoms with Crippen molar-refractivity contribution in [2.24, 2.45) is 0 Å². The Hall–Kier alpha value is -2.37. The summed E-state index contributed by atoms with van der Waals surface area (Å²) in [6, 6.07) is 6.25. The van der Waals surface area contributed by atoms with Crippen molar-refractivity contribution >= 4 is 17.8 Å². The quantitative estimate of drug-likeness (QED) is 0.822. The number of aromatic carboxylic acids is 1. The Kier molecular flexibility index (Phi) is 6.56. The lowest BCUT2D eigenvalue weighted by Gasteiger charge is -2.23. The van der Waals surface area contributed by atoms with E-state index in [0.29, 0.717) is 18.7 Å². The van der Waals surface area contributed by atoms with E-state index in [1.54, 1.807) is 24.1 Å². The largest absolute Gasteiger partial charge is 0.478 e. The van der Waals surface area contributed by atoms with Crippen molar-refractivity contribution in [1.29, 1.82) is 0 Å². The minimum atomic E-state index is -1.03. The predicted molar refractivity (Wildman–Crippen MR) is 82.7 cm³/mol. The van der Waals surface area contributed by atoms with E-state index in [1.165, 1.54) is 17.0 Å². The van der Waals surface area contributed by atoms with Crippen molar-refractivity contribution in [3.8, 4) is 0 Å². The molecule has 120 valence electrons. The van der Waals surface area contributed by atoms with Crippen LogP contribution >= 0.6 is 0 Å². The van der Waals surface area contributed by atoms with Gasteiger partial charge in [-0.25, -0.2) is 4.79 Å². The zero-order valence-corrected chi connectivity index (χ0v) is 13.2. The number of benzene rings is 1. The number of likely N-dealkylation sites (N-methyl/N-ethyl adjacent to an activating group) is 2. The molecule has 0 spiro atoms. The fourth-order valence-corrected chi connectivity index (χ4v) is 2.09. The van der Waals surface area contributed by atoms with E-state index in [9.17, 15) is 14.4 Å². The number of carbonyl (C=O) groups excluding carboxylic acids is 2. The molecule has 0 heterocycles. The van der Waals surface area contributed by atoms with Crippen LogP contribution in [0.15, 0.2) is 24.3 Å². The van der Waals surface area contributed by atoms with E-state index >= 15 is 0 Å². The van der Waals surface area contributed by atoms with Gasteiger partial charge in [0, 0.05) is 20.1 Å². The summed E-state index contributed by atoms with van der Waals surface area (Å²) >= 11 is 0. The number of hydrogen-bond acceptors (Lipinski definition) is 3. The number of hydrogen-bond donors (Lipinski definition) is 1. The average molecular weight is 306 g/mol. The summed E-state index contributed by atoms with van der Waals surface area (Å²) in [7, 11) is 1.57. The van der Waals surface area contributed by atoms with Crippen molar-refractivity contribution in [2.45, 2.75) is 20.3 Å². The lowest BCUT2D eigenvalue weighted by Crippen LogP contribution is -2.41. The molecule has 1 aromatic carbocycles. The SMILES string of the molecule is CCN(CC)C(=O)CN(C)C(=O)Cc1cccc(C(=O)O)c1. The number of amides is 2. The minimum Gasteiger partial charge on any atom is -0.478 e. The molecule has 0 aromatic heterocycles. The van der Waals surface area contributed by atoms with Crippen LogP contribution in [0.1, 0.15) is 29.8 Å². The molecule has 0 bridgehead atoms. The van der Waals surface area contributed by atoms with Crippen molar-refractivity contribution in [3.63, 3.8) is 0 Å². The molecule has 2 amide bonds. The summed E-state index contributed by atoms with van der Waals surface area (Å²) in [5.74, 6) is -1.34. The molecular weight excluding hydrogens is 284 g/mol. The summed E-state index contributed by atoms with van der Waals surface area (Å²) in [6.45, 7) is 5.02. The molecule has 0 unspecified atom stereocenters. The Labute approximate surface area is 130 Å². The molecule has 0 saturated carbocycles. The number of rotatable bonds is 7. The molecule has 0 aliphatic rings. The first-order valence-corrected chi connectivity index (χ1v) is 7.23. The van der Waals surface area contributed by atoms with Crippen LogP contribution < -0.4 is 0 Å². The minimum absolute atomic E-state index is 0.0269. The summed E-state index contributed by atoms with van der Waals surface area (Å²) in [5.41, 5.74) is 0.763. The molecule has 22 heavy (non-hydrogen) atoms.